The van der Waals surface area contributed by atoms with Crippen LogP contribution in [0.1, 0.15) is 5.56 Å². The number of benzene rings is 2. The first-order chi connectivity index (χ1) is 12.6. The summed E-state index contributed by atoms with van der Waals surface area (Å²) in [7, 11) is -0.708. The molecule has 7 nitrogen and oxygen atoms in total. The number of hydrogen-bond acceptors (Lipinski definition) is 4. The van der Waals surface area contributed by atoms with Crippen molar-refractivity contribution in [3.8, 4) is 0 Å². The molecule has 9 heteroatoms. The van der Waals surface area contributed by atoms with Crippen molar-refractivity contribution < 1.29 is 13.2 Å². The van der Waals surface area contributed by atoms with Gasteiger partial charge in [0.25, 0.3) is 0 Å². The Kier molecular flexibility index (Phi) is 4.88. The van der Waals surface area contributed by atoms with Gasteiger partial charge >= 0.3 is 5.69 Å². The summed E-state index contributed by atoms with van der Waals surface area (Å²) in [5.74, 6) is -1.38. The van der Waals surface area contributed by atoms with Gasteiger partial charge in [0.05, 0.1) is 15.9 Å². The van der Waals surface area contributed by atoms with Crippen LogP contribution in [0, 0.1) is 6.92 Å². The molecule has 1 heterocycles. The van der Waals surface area contributed by atoms with Gasteiger partial charge in [-0.1, -0.05) is 17.7 Å². The van der Waals surface area contributed by atoms with E-state index in [1.807, 2.05) is 0 Å². The van der Waals surface area contributed by atoms with Crippen LogP contribution in [0.25, 0.3) is 11.0 Å². The smallest absolute Gasteiger partial charge is 0.325 e. The number of nitrogens with zero attached hydrogens (tertiary/aromatic N) is 2. The van der Waals surface area contributed by atoms with Gasteiger partial charge in [-0.25, -0.2) is 13.2 Å². The van der Waals surface area contributed by atoms with E-state index in [1.54, 1.807) is 45.3 Å². The second-order valence-electron chi connectivity index (χ2n) is 6.27. The van der Waals surface area contributed by atoms with Gasteiger partial charge in [0.2, 0.25) is 5.91 Å². The van der Waals surface area contributed by atoms with Crippen LogP contribution in [0.3, 0.4) is 0 Å². The van der Waals surface area contributed by atoms with Crippen molar-refractivity contribution in [2.24, 2.45) is 14.1 Å². The van der Waals surface area contributed by atoms with Crippen molar-refractivity contribution in [1.29, 1.82) is 0 Å². The summed E-state index contributed by atoms with van der Waals surface area (Å²) in [6.07, 6.45) is 0. The fourth-order valence-corrected chi connectivity index (χ4v) is 4.19. The number of sulfone groups is 1. The average Bonchev–Trinajstić information content (AvgIpc) is 2.82. The predicted octanol–water partition coefficient (Wildman–Crippen LogP) is 2.25. The Morgan fingerprint density at radius 2 is 1.78 bits per heavy atom. The molecule has 2 aromatic carbocycles. The highest BCUT2D eigenvalue weighted by Gasteiger charge is 2.21. The van der Waals surface area contributed by atoms with Crippen LogP contribution in [0.2, 0.25) is 5.02 Å². The number of rotatable bonds is 4. The van der Waals surface area contributed by atoms with E-state index in [0.29, 0.717) is 27.3 Å². The van der Waals surface area contributed by atoms with Crippen LogP contribution in [-0.4, -0.2) is 29.2 Å². The topological polar surface area (TPSA) is 90.2 Å². The standard InChI is InChI=1S/C18H18ClN3O4S/c1-11-13(19)5-4-6-14(11)20-17(23)10-27(25,26)12-7-8-15-16(9-12)22(3)18(24)21(15)2/h4-9H,10H2,1-3H3,(H,20,23). The quantitative estimate of drug-likeness (QED) is 0.718. The number of aromatic nitrogens is 2. The minimum absolute atomic E-state index is 0.0193. The van der Waals surface area contributed by atoms with E-state index in [0.717, 1.165) is 0 Å². The third-order valence-corrected chi connectivity index (χ3v) is 6.49. The van der Waals surface area contributed by atoms with Crippen molar-refractivity contribution in [3.05, 3.63) is 57.5 Å². The van der Waals surface area contributed by atoms with Crippen molar-refractivity contribution in [1.82, 2.24) is 9.13 Å². The van der Waals surface area contributed by atoms with E-state index in [2.05, 4.69) is 5.32 Å². The van der Waals surface area contributed by atoms with E-state index >= 15 is 0 Å². The number of halogens is 1. The van der Waals surface area contributed by atoms with Gasteiger partial charge in [-0.15, -0.1) is 0 Å². The van der Waals surface area contributed by atoms with Gasteiger partial charge in [-0.2, -0.15) is 0 Å². The minimum Gasteiger partial charge on any atom is -0.325 e. The van der Waals surface area contributed by atoms with Crippen LogP contribution in [0.15, 0.2) is 46.1 Å². The van der Waals surface area contributed by atoms with Crippen LogP contribution < -0.4 is 11.0 Å². The molecule has 1 N–H and O–H groups in total. The summed E-state index contributed by atoms with van der Waals surface area (Å²) < 4.78 is 28.1. The molecule has 3 rings (SSSR count). The first kappa shape index (κ1) is 19.2. The number of carbonyl (C=O) groups is 1. The third kappa shape index (κ3) is 3.50. The fourth-order valence-electron chi connectivity index (χ4n) is 2.87. The molecular weight excluding hydrogens is 390 g/mol. The molecule has 0 bridgehead atoms. The van der Waals surface area contributed by atoms with E-state index in [1.165, 1.54) is 21.3 Å². The van der Waals surface area contributed by atoms with Gasteiger partial charge in [0.1, 0.15) is 5.75 Å². The van der Waals surface area contributed by atoms with Gasteiger partial charge in [-0.3, -0.25) is 13.9 Å². The lowest BCUT2D eigenvalue weighted by molar-refractivity contribution is -0.113. The third-order valence-electron chi connectivity index (χ3n) is 4.47. The van der Waals surface area contributed by atoms with E-state index in [4.69, 9.17) is 11.6 Å². The maximum Gasteiger partial charge on any atom is 0.328 e. The Hall–Kier alpha value is -2.58. The molecule has 0 unspecified atom stereocenters. The number of nitrogens with one attached hydrogen (secondary N) is 1. The maximum atomic E-state index is 12.7. The van der Waals surface area contributed by atoms with Crippen LogP contribution in [0.4, 0.5) is 5.69 Å². The lowest BCUT2D eigenvalue weighted by Crippen LogP contribution is -2.23. The molecule has 0 saturated carbocycles. The number of carbonyl (C=O) groups excluding carboxylic acids is 1. The molecule has 0 atom stereocenters. The maximum absolute atomic E-state index is 12.7. The SMILES string of the molecule is Cc1c(Cl)cccc1NC(=O)CS(=O)(=O)c1ccc2c(c1)n(C)c(=O)n2C. The van der Waals surface area contributed by atoms with Crippen molar-refractivity contribution in [2.45, 2.75) is 11.8 Å². The van der Waals surface area contributed by atoms with Crippen molar-refractivity contribution >= 4 is 44.1 Å². The molecular formula is C18H18ClN3O4S. The van der Waals surface area contributed by atoms with Gasteiger partial charge in [0.15, 0.2) is 9.84 Å². The molecule has 1 amide bonds. The zero-order valence-electron chi connectivity index (χ0n) is 15.0. The molecule has 0 aliphatic rings. The minimum atomic E-state index is -3.88. The summed E-state index contributed by atoms with van der Waals surface area (Å²) in [4.78, 5) is 24.2. The highest BCUT2D eigenvalue weighted by molar-refractivity contribution is 7.92. The number of imidazole rings is 1. The molecule has 0 aliphatic heterocycles. The number of aryl methyl sites for hydroxylation is 2. The first-order valence-corrected chi connectivity index (χ1v) is 10.1. The normalized spacial score (nSPS) is 11.7. The van der Waals surface area contributed by atoms with E-state index in [9.17, 15) is 18.0 Å². The molecule has 142 valence electrons. The number of hydrogen-bond donors (Lipinski definition) is 1. The highest BCUT2D eigenvalue weighted by atomic mass is 35.5. The van der Waals surface area contributed by atoms with Gasteiger partial charge < -0.3 is 5.32 Å². The number of anilines is 1. The molecule has 1 aromatic heterocycles. The van der Waals surface area contributed by atoms with E-state index < -0.39 is 21.5 Å². The van der Waals surface area contributed by atoms with Crippen molar-refractivity contribution in [3.63, 3.8) is 0 Å². The first-order valence-electron chi connectivity index (χ1n) is 8.05. The summed E-state index contributed by atoms with van der Waals surface area (Å²) in [5.41, 5.74) is 1.96. The molecule has 0 radical (unpaired) electrons. The Morgan fingerprint density at radius 1 is 1.11 bits per heavy atom. The summed E-state index contributed by atoms with van der Waals surface area (Å²) in [6.45, 7) is 1.73. The zero-order valence-corrected chi connectivity index (χ0v) is 16.6. The summed E-state index contributed by atoms with van der Waals surface area (Å²) in [5, 5.41) is 3.05. The Morgan fingerprint density at radius 3 is 2.48 bits per heavy atom. The van der Waals surface area contributed by atoms with Gasteiger partial charge in [0, 0.05) is 24.8 Å². The monoisotopic (exact) mass is 407 g/mol. The number of fused-ring (bicyclic) bond motifs is 1. The van der Waals surface area contributed by atoms with Gasteiger partial charge in [-0.05, 0) is 42.8 Å². The lowest BCUT2D eigenvalue weighted by Gasteiger charge is -2.10. The highest BCUT2D eigenvalue weighted by Crippen LogP contribution is 2.23. The second kappa shape index (κ2) is 6.86. The molecule has 0 saturated heterocycles. The summed E-state index contributed by atoms with van der Waals surface area (Å²) in [6, 6.07) is 9.37. The average molecular weight is 408 g/mol. The molecule has 0 fully saturated rings. The molecule has 0 spiro atoms. The molecule has 0 aliphatic carbocycles. The summed E-state index contributed by atoms with van der Waals surface area (Å²) >= 11 is 6.01. The number of amides is 1. The van der Waals surface area contributed by atoms with E-state index in [-0.39, 0.29) is 10.6 Å². The van der Waals surface area contributed by atoms with Crippen LogP contribution in [-0.2, 0) is 28.7 Å². The zero-order chi connectivity index (χ0) is 19.9. The molecule has 3 aromatic rings. The lowest BCUT2D eigenvalue weighted by atomic mass is 10.2. The van der Waals surface area contributed by atoms with Crippen molar-refractivity contribution in [2.75, 3.05) is 11.1 Å². The fraction of sp³-hybridized carbons (Fsp3) is 0.222. The Labute approximate surface area is 161 Å². The van der Waals surface area contributed by atoms with Crippen LogP contribution >= 0.6 is 11.6 Å². The largest absolute Gasteiger partial charge is 0.328 e. The van der Waals surface area contributed by atoms with Crippen LogP contribution in [0.5, 0.6) is 0 Å². The Bertz CT molecular complexity index is 1230. The molecule has 27 heavy (non-hydrogen) atoms. The Balaban J connectivity index is 1.89. The predicted molar refractivity (Wildman–Crippen MR) is 105 cm³/mol. The second-order valence-corrected chi connectivity index (χ2v) is 8.67.